The zero-order valence-electron chi connectivity index (χ0n) is 12.9. The highest BCUT2D eigenvalue weighted by Gasteiger charge is 2.20. The summed E-state index contributed by atoms with van der Waals surface area (Å²) in [4.78, 5) is 34.9. The number of aryl methyl sites for hydroxylation is 1. The first-order chi connectivity index (χ1) is 11.3. The molecule has 2 aromatic rings. The molecule has 0 aliphatic rings. The Bertz CT molecular complexity index is 863. The largest absolute Gasteiger partial charge is 0.461 e. The number of carbonyl (C=O) groups excluding carboxylic acids is 1. The predicted molar refractivity (Wildman–Crippen MR) is 91.2 cm³/mol. The van der Waals surface area contributed by atoms with Crippen LogP contribution in [0.15, 0.2) is 39.6 Å². The number of rotatable bonds is 5. The van der Waals surface area contributed by atoms with Crippen molar-refractivity contribution >= 4 is 33.3 Å². The van der Waals surface area contributed by atoms with Crippen molar-refractivity contribution in [2.45, 2.75) is 13.8 Å². The molecule has 1 aromatic carbocycles. The molecule has 9 heteroatoms. The summed E-state index contributed by atoms with van der Waals surface area (Å²) in [6.45, 7) is 3.46. The van der Waals surface area contributed by atoms with Gasteiger partial charge in [-0.3, -0.25) is 20.3 Å². The molecular formula is C15H14BrN3O5. The lowest BCUT2D eigenvalue weighted by Crippen LogP contribution is -2.33. The first-order valence-electron chi connectivity index (χ1n) is 6.96. The van der Waals surface area contributed by atoms with Crippen LogP contribution in [0.2, 0.25) is 0 Å². The molecule has 0 bridgehead atoms. The molecule has 0 amide bonds. The quantitative estimate of drug-likeness (QED) is 0.474. The van der Waals surface area contributed by atoms with Crippen LogP contribution in [0.5, 0.6) is 0 Å². The zero-order valence-corrected chi connectivity index (χ0v) is 14.5. The lowest BCUT2D eigenvalue weighted by atomic mass is 10.2. The molecule has 0 aliphatic heterocycles. The van der Waals surface area contributed by atoms with E-state index in [-0.39, 0.29) is 28.1 Å². The van der Waals surface area contributed by atoms with Gasteiger partial charge in [0, 0.05) is 12.1 Å². The molecule has 126 valence electrons. The number of halogens is 1. The number of benzene rings is 1. The summed E-state index contributed by atoms with van der Waals surface area (Å²) in [7, 11) is 0. The van der Waals surface area contributed by atoms with Gasteiger partial charge in [0.15, 0.2) is 5.69 Å². The molecule has 2 rings (SSSR count). The summed E-state index contributed by atoms with van der Waals surface area (Å²) < 4.78 is 6.23. The highest BCUT2D eigenvalue weighted by molar-refractivity contribution is 9.10. The SMILES string of the molecule is CCOC(=O)c1c(C)cc(Br)c(=O)n1Nc1cccc([N+](=O)[O-])c1. The first kappa shape index (κ1) is 17.7. The number of anilines is 1. The minimum atomic E-state index is -0.669. The maximum absolute atomic E-state index is 12.4. The van der Waals surface area contributed by atoms with Crippen LogP contribution in [0, 0.1) is 17.0 Å². The van der Waals surface area contributed by atoms with Crippen LogP contribution in [0.3, 0.4) is 0 Å². The smallest absolute Gasteiger partial charge is 0.357 e. The predicted octanol–water partition coefficient (Wildman–Crippen LogP) is 2.88. The van der Waals surface area contributed by atoms with E-state index in [2.05, 4.69) is 21.4 Å². The Labute approximate surface area is 145 Å². The van der Waals surface area contributed by atoms with E-state index in [0.29, 0.717) is 5.56 Å². The van der Waals surface area contributed by atoms with E-state index < -0.39 is 16.5 Å². The molecule has 0 radical (unpaired) electrons. The number of nitro groups is 1. The molecule has 0 fully saturated rings. The summed E-state index contributed by atoms with van der Waals surface area (Å²) in [6.07, 6.45) is 0. The second kappa shape index (κ2) is 7.26. The highest BCUT2D eigenvalue weighted by Crippen LogP contribution is 2.19. The fourth-order valence-electron chi connectivity index (χ4n) is 2.08. The topological polar surface area (TPSA) is 103 Å². The number of hydrogen-bond donors (Lipinski definition) is 1. The Morgan fingerprint density at radius 1 is 1.42 bits per heavy atom. The van der Waals surface area contributed by atoms with Gasteiger partial charge in [-0.1, -0.05) is 6.07 Å². The van der Waals surface area contributed by atoms with Gasteiger partial charge in [-0.05, 0) is 47.5 Å². The van der Waals surface area contributed by atoms with Crippen molar-refractivity contribution in [3.63, 3.8) is 0 Å². The highest BCUT2D eigenvalue weighted by atomic mass is 79.9. The molecule has 0 atom stereocenters. The average molecular weight is 396 g/mol. The molecule has 0 saturated carbocycles. The maximum atomic E-state index is 12.4. The van der Waals surface area contributed by atoms with Gasteiger partial charge in [-0.25, -0.2) is 9.47 Å². The number of hydrogen-bond acceptors (Lipinski definition) is 6. The van der Waals surface area contributed by atoms with Gasteiger partial charge in [0.1, 0.15) is 0 Å². The Hall–Kier alpha value is -2.68. The Kier molecular flexibility index (Phi) is 5.35. The summed E-state index contributed by atoms with van der Waals surface area (Å²) in [5, 5.41) is 10.9. The van der Waals surface area contributed by atoms with E-state index >= 15 is 0 Å². The van der Waals surface area contributed by atoms with Crippen LogP contribution in [0.4, 0.5) is 11.4 Å². The van der Waals surface area contributed by atoms with Crippen LogP contribution < -0.4 is 11.0 Å². The van der Waals surface area contributed by atoms with Crippen molar-refractivity contribution in [2.75, 3.05) is 12.0 Å². The van der Waals surface area contributed by atoms with Gasteiger partial charge in [0.05, 0.1) is 21.7 Å². The van der Waals surface area contributed by atoms with Crippen molar-refractivity contribution < 1.29 is 14.5 Å². The lowest BCUT2D eigenvalue weighted by molar-refractivity contribution is -0.384. The molecule has 1 N–H and O–H groups in total. The van der Waals surface area contributed by atoms with Crippen molar-refractivity contribution in [2.24, 2.45) is 0 Å². The average Bonchev–Trinajstić information content (AvgIpc) is 2.52. The van der Waals surface area contributed by atoms with Crippen LogP contribution in [0.25, 0.3) is 0 Å². The number of nitrogens with zero attached hydrogens (tertiary/aromatic N) is 2. The molecule has 0 unspecified atom stereocenters. The van der Waals surface area contributed by atoms with Gasteiger partial charge in [-0.2, -0.15) is 0 Å². The Balaban J connectivity index is 2.56. The molecule has 0 aliphatic carbocycles. The van der Waals surface area contributed by atoms with E-state index in [9.17, 15) is 19.7 Å². The molecule has 1 heterocycles. The number of nitrogens with one attached hydrogen (secondary N) is 1. The minimum Gasteiger partial charge on any atom is -0.461 e. The van der Waals surface area contributed by atoms with Gasteiger partial charge in [0.2, 0.25) is 0 Å². The van der Waals surface area contributed by atoms with E-state index in [1.165, 1.54) is 24.3 Å². The summed E-state index contributed by atoms with van der Waals surface area (Å²) in [5.74, 6) is -0.669. The van der Waals surface area contributed by atoms with Gasteiger partial charge >= 0.3 is 5.97 Å². The summed E-state index contributed by atoms with van der Waals surface area (Å²) in [6, 6.07) is 7.12. The van der Waals surface area contributed by atoms with Crippen molar-refractivity contribution in [1.82, 2.24) is 4.68 Å². The second-order valence-corrected chi connectivity index (χ2v) is 5.66. The monoisotopic (exact) mass is 395 g/mol. The van der Waals surface area contributed by atoms with Crippen molar-refractivity contribution in [1.29, 1.82) is 0 Å². The molecule has 0 spiro atoms. The normalized spacial score (nSPS) is 10.3. The van der Waals surface area contributed by atoms with Crippen LogP contribution >= 0.6 is 15.9 Å². The van der Waals surface area contributed by atoms with Gasteiger partial charge < -0.3 is 4.74 Å². The van der Waals surface area contributed by atoms with E-state index in [1.807, 2.05) is 0 Å². The number of pyridine rings is 1. The van der Waals surface area contributed by atoms with Gasteiger partial charge in [0.25, 0.3) is 11.2 Å². The third-order valence-corrected chi connectivity index (χ3v) is 3.68. The Morgan fingerprint density at radius 3 is 2.75 bits per heavy atom. The third-order valence-electron chi connectivity index (χ3n) is 3.11. The number of esters is 1. The van der Waals surface area contributed by atoms with E-state index in [4.69, 9.17) is 4.74 Å². The molecular weight excluding hydrogens is 382 g/mol. The number of non-ortho nitro benzene ring substituents is 1. The molecule has 0 saturated heterocycles. The standard InChI is InChI=1S/C15H14BrN3O5/c1-3-24-15(21)13-9(2)7-12(16)14(20)18(13)17-10-5-4-6-11(8-10)19(22)23/h4-8,17H,3H2,1-2H3. The minimum absolute atomic E-state index is 0.0246. The van der Waals surface area contributed by atoms with Crippen LogP contribution in [-0.2, 0) is 4.74 Å². The number of nitro benzene ring substituents is 1. The summed E-state index contributed by atoms with van der Waals surface area (Å²) in [5.41, 5.74) is 2.89. The zero-order chi connectivity index (χ0) is 17.9. The lowest BCUT2D eigenvalue weighted by Gasteiger charge is -2.16. The second-order valence-electron chi connectivity index (χ2n) is 4.80. The third kappa shape index (κ3) is 3.62. The number of carbonyl (C=O) groups is 1. The molecule has 8 nitrogen and oxygen atoms in total. The molecule has 24 heavy (non-hydrogen) atoms. The number of aromatic nitrogens is 1. The molecule has 1 aromatic heterocycles. The summed E-state index contributed by atoms with van der Waals surface area (Å²) >= 11 is 3.14. The van der Waals surface area contributed by atoms with Crippen molar-refractivity contribution in [3.8, 4) is 0 Å². The van der Waals surface area contributed by atoms with Crippen molar-refractivity contribution in [3.05, 3.63) is 66.5 Å². The number of ether oxygens (including phenoxy) is 1. The van der Waals surface area contributed by atoms with E-state index in [1.54, 1.807) is 19.9 Å². The fraction of sp³-hybridized carbons (Fsp3) is 0.200. The van der Waals surface area contributed by atoms with Gasteiger partial charge in [-0.15, -0.1) is 0 Å². The Morgan fingerprint density at radius 2 is 2.12 bits per heavy atom. The fourth-order valence-corrected chi connectivity index (χ4v) is 2.60. The van der Waals surface area contributed by atoms with Crippen LogP contribution in [0.1, 0.15) is 23.0 Å². The van der Waals surface area contributed by atoms with Crippen LogP contribution in [-0.4, -0.2) is 22.2 Å². The maximum Gasteiger partial charge on any atom is 0.357 e. The first-order valence-corrected chi connectivity index (χ1v) is 7.75. The van der Waals surface area contributed by atoms with E-state index in [0.717, 1.165) is 4.68 Å².